The molecule has 1 amide bonds. The summed E-state index contributed by atoms with van der Waals surface area (Å²) in [5, 5.41) is 2.77. The van der Waals surface area contributed by atoms with E-state index < -0.39 is 28.3 Å². The molecular formula is C21H17Cl2FN2O4S. The molecule has 0 aliphatic heterocycles. The number of halogens is 3. The Morgan fingerprint density at radius 3 is 2.26 bits per heavy atom. The lowest BCUT2D eigenvalue weighted by Gasteiger charge is -2.24. The van der Waals surface area contributed by atoms with Crippen LogP contribution in [0, 0.1) is 5.82 Å². The van der Waals surface area contributed by atoms with Crippen LogP contribution in [0.3, 0.4) is 0 Å². The van der Waals surface area contributed by atoms with Gasteiger partial charge in [-0.1, -0.05) is 23.2 Å². The highest BCUT2D eigenvalue weighted by atomic mass is 35.5. The average Bonchev–Trinajstić information content (AvgIpc) is 2.75. The SMILES string of the molecule is COc1ccc(S(=O)(=O)N(CC(=O)Nc2ccc(F)c(Cl)c2)c2ccc(Cl)cc2)cc1. The van der Waals surface area contributed by atoms with Gasteiger partial charge in [-0.25, -0.2) is 12.8 Å². The average molecular weight is 483 g/mol. The van der Waals surface area contributed by atoms with Gasteiger partial charge in [-0.05, 0) is 66.7 Å². The van der Waals surface area contributed by atoms with E-state index in [-0.39, 0.29) is 21.3 Å². The van der Waals surface area contributed by atoms with Gasteiger partial charge in [-0.2, -0.15) is 0 Å². The minimum atomic E-state index is -4.11. The molecule has 31 heavy (non-hydrogen) atoms. The summed E-state index contributed by atoms with van der Waals surface area (Å²) in [6, 6.07) is 15.5. The molecule has 0 bridgehead atoms. The summed E-state index contributed by atoms with van der Waals surface area (Å²) in [5.74, 6) is -0.790. The van der Waals surface area contributed by atoms with Crippen molar-refractivity contribution in [2.24, 2.45) is 0 Å². The highest BCUT2D eigenvalue weighted by Crippen LogP contribution is 2.27. The highest BCUT2D eigenvalue weighted by Gasteiger charge is 2.27. The zero-order valence-corrected chi connectivity index (χ0v) is 18.5. The number of rotatable bonds is 7. The molecule has 0 atom stereocenters. The maximum absolute atomic E-state index is 13.3. The Balaban J connectivity index is 1.92. The van der Waals surface area contributed by atoms with E-state index in [0.29, 0.717) is 10.8 Å². The summed E-state index contributed by atoms with van der Waals surface area (Å²) in [6.45, 7) is -0.537. The first-order valence-electron chi connectivity index (χ1n) is 8.88. The molecule has 0 fully saturated rings. The van der Waals surface area contributed by atoms with Crippen molar-refractivity contribution in [2.45, 2.75) is 4.90 Å². The van der Waals surface area contributed by atoms with Gasteiger partial charge in [0.25, 0.3) is 10.0 Å². The van der Waals surface area contributed by atoms with Crippen molar-refractivity contribution in [3.63, 3.8) is 0 Å². The first-order chi connectivity index (χ1) is 14.7. The number of hydrogen-bond donors (Lipinski definition) is 1. The Bertz CT molecular complexity index is 1190. The zero-order valence-electron chi connectivity index (χ0n) is 16.2. The number of hydrogen-bond acceptors (Lipinski definition) is 4. The number of sulfonamides is 1. The van der Waals surface area contributed by atoms with E-state index in [4.69, 9.17) is 27.9 Å². The molecule has 3 rings (SSSR count). The Hall–Kier alpha value is -2.81. The molecule has 0 saturated carbocycles. The number of anilines is 2. The van der Waals surface area contributed by atoms with Crippen molar-refractivity contribution < 1.29 is 22.3 Å². The Kier molecular flexibility index (Phi) is 7.04. The second kappa shape index (κ2) is 9.55. The fourth-order valence-corrected chi connectivity index (χ4v) is 4.43. The first-order valence-corrected chi connectivity index (χ1v) is 11.1. The fraction of sp³-hybridized carbons (Fsp3) is 0.0952. The van der Waals surface area contributed by atoms with Gasteiger partial charge in [0.2, 0.25) is 5.91 Å². The van der Waals surface area contributed by atoms with E-state index in [1.165, 1.54) is 67.8 Å². The van der Waals surface area contributed by atoms with Gasteiger partial charge in [-0.15, -0.1) is 0 Å². The maximum atomic E-state index is 13.3. The van der Waals surface area contributed by atoms with E-state index in [9.17, 15) is 17.6 Å². The number of amides is 1. The maximum Gasteiger partial charge on any atom is 0.264 e. The standard InChI is InChI=1S/C21H17Cl2FN2O4S/c1-30-17-7-9-18(10-8-17)31(28,29)26(16-5-2-14(22)3-6-16)13-21(27)25-15-4-11-20(24)19(23)12-15/h2-12H,13H2,1H3,(H,25,27). The molecule has 10 heteroatoms. The van der Waals surface area contributed by atoms with Crippen LogP contribution >= 0.6 is 23.2 Å². The molecular weight excluding hydrogens is 466 g/mol. The van der Waals surface area contributed by atoms with Crippen molar-refractivity contribution >= 4 is 50.5 Å². The van der Waals surface area contributed by atoms with Crippen LogP contribution in [-0.4, -0.2) is 28.0 Å². The number of carbonyl (C=O) groups excluding carboxylic acids is 1. The lowest BCUT2D eigenvalue weighted by Crippen LogP contribution is -2.38. The zero-order chi connectivity index (χ0) is 22.6. The molecule has 6 nitrogen and oxygen atoms in total. The van der Waals surface area contributed by atoms with Crippen LogP contribution in [0.1, 0.15) is 0 Å². The van der Waals surface area contributed by atoms with Gasteiger partial charge in [0.1, 0.15) is 18.1 Å². The molecule has 0 spiro atoms. The van der Waals surface area contributed by atoms with Crippen LogP contribution in [0.25, 0.3) is 0 Å². The van der Waals surface area contributed by atoms with Gasteiger partial charge >= 0.3 is 0 Å². The Morgan fingerprint density at radius 1 is 1.03 bits per heavy atom. The Morgan fingerprint density at radius 2 is 1.68 bits per heavy atom. The lowest BCUT2D eigenvalue weighted by atomic mass is 10.3. The van der Waals surface area contributed by atoms with Gasteiger partial charge in [0, 0.05) is 10.7 Å². The van der Waals surface area contributed by atoms with Crippen molar-refractivity contribution in [1.29, 1.82) is 0 Å². The van der Waals surface area contributed by atoms with E-state index in [1.54, 1.807) is 0 Å². The summed E-state index contributed by atoms with van der Waals surface area (Å²) < 4.78 is 46.0. The summed E-state index contributed by atoms with van der Waals surface area (Å²) in [7, 11) is -2.64. The summed E-state index contributed by atoms with van der Waals surface area (Å²) >= 11 is 11.7. The molecule has 1 N–H and O–H groups in total. The number of carbonyl (C=O) groups is 1. The molecule has 0 unspecified atom stereocenters. The van der Waals surface area contributed by atoms with Crippen molar-refractivity contribution in [3.8, 4) is 5.75 Å². The van der Waals surface area contributed by atoms with Gasteiger partial charge in [0.05, 0.1) is 22.7 Å². The summed E-state index contributed by atoms with van der Waals surface area (Å²) in [4.78, 5) is 12.6. The number of nitrogens with one attached hydrogen (secondary N) is 1. The minimum absolute atomic E-state index is 0.0270. The van der Waals surface area contributed by atoms with Crippen LogP contribution in [0.2, 0.25) is 10.0 Å². The highest BCUT2D eigenvalue weighted by molar-refractivity contribution is 7.92. The number of nitrogens with zero attached hydrogens (tertiary/aromatic N) is 1. The number of benzene rings is 3. The topological polar surface area (TPSA) is 75.7 Å². The normalized spacial score (nSPS) is 11.1. The third-order valence-electron chi connectivity index (χ3n) is 4.25. The molecule has 162 valence electrons. The van der Waals surface area contributed by atoms with Crippen LogP contribution in [0.4, 0.5) is 15.8 Å². The molecule has 3 aromatic carbocycles. The van der Waals surface area contributed by atoms with E-state index >= 15 is 0 Å². The van der Waals surface area contributed by atoms with Gasteiger partial charge in [0.15, 0.2) is 0 Å². The second-order valence-electron chi connectivity index (χ2n) is 6.34. The van der Waals surface area contributed by atoms with E-state index in [1.807, 2.05) is 0 Å². The predicted octanol–water partition coefficient (Wildman–Crippen LogP) is 4.98. The van der Waals surface area contributed by atoms with E-state index in [0.717, 1.165) is 10.4 Å². The molecule has 0 aromatic heterocycles. The van der Waals surface area contributed by atoms with E-state index in [2.05, 4.69) is 5.32 Å². The molecule has 3 aromatic rings. The van der Waals surface area contributed by atoms with Crippen LogP contribution in [0.15, 0.2) is 71.6 Å². The van der Waals surface area contributed by atoms with Crippen molar-refractivity contribution in [2.75, 3.05) is 23.3 Å². The fourth-order valence-electron chi connectivity index (χ4n) is 2.70. The van der Waals surface area contributed by atoms with Crippen molar-refractivity contribution in [3.05, 3.63) is 82.6 Å². The minimum Gasteiger partial charge on any atom is -0.497 e. The van der Waals surface area contributed by atoms with Gasteiger partial charge in [-0.3, -0.25) is 9.10 Å². The first kappa shape index (κ1) is 22.9. The Labute approximate surface area is 189 Å². The largest absolute Gasteiger partial charge is 0.497 e. The monoisotopic (exact) mass is 482 g/mol. The molecule has 0 aliphatic carbocycles. The predicted molar refractivity (Wildman–Crippen MR) is 119 cm³/mol. The lowest BCUT2D eigenvalue weighted by molar-refractivity contribution is -0.114. The second-order valence-corrected chi connectivity index (χ2v) is 9.05. The quantitative estimate of drug-likeness (QED) is 0.515. The molecule has 0 heterocycles. The smallest absolute Gasteiger partial charge is 0.264 e. The van der Waals surface area contributed by atoms with Crippen LogP contribution in [-0.2, 0) is 14.8 Å². The molecule has 0 radical (unpaired) electrons. The number of methoxy groups -OCH3 is 1. The van der Waals surface area contributed by atoms with Crippen LogP contribution < -0.4 is 14.4 Å². The third kappa shape index (κ3) is 5.46. The molecule has 0 saturated heterocycles. The van der Waals surface area contributed by atoms with Crippen molar-refractivity contribution in [1.82, 2.24) is 0 Å². The number of ether oxygens (including phenoxy) is 1. The van der Waals surface area contributed by atoms with Crippen LogP contribution in [0.5, 0.6) is 5.75 Å². The third-order valence-corrected chi connectivity index (χ3v) is 6.58. The summed E-state index contributed by atoms with van der Waals surface area (Å²) in [5.41, 5.74) is 0.474. The summed E-state index contributed by atoms with van der Waals surface area (Å²) in [6.07, 6.45) is 0. The van der Waals surface area contributed by atoms with Gasteiger partial charge < -0.3 is 10.1 Å². The molecule has 0 aliphatic rings.